The van der Waals surface area contributed by atoms with Gasteiger partial charge in [-0.1, -0.05) is 0 Å². The standard InChI is InChI=1S/C9H22BP/c1-3-9(10)11(2)7-5-4-6-8-11/h9,11H,3-8,10H2,1-2H3. The van der Waals surface area contributed by atoms with E-state index in [-0.39, 0.29) is 0 Å². The SMILES string of the molecule is BC(CC)[PH]1(C)CCCCC1. The molecule has 0 N–H and O–H groups in total. The molecule has 0 amide bonds. The van der Waals surface area contributed by atoms with Gasteiger partial charge < -0.3 is 0 Å². The molecule has 2 heteroatoms. The van der Waals surface area contributed by atoms with Crippen LogP contribution in [0.1, 0.15) is 32.6 Å². The normalized spacial score (nSPS) is 29.3. The summed E-state index contributed by atoms with van der Waals surface area (Å²) < 4.78 is 0. The summed E-state index contributed by atoms with van der Waals surface area (Å²) in [4.78, 5) is 0. The van der Waals surface area contributed by atoms with Gasteiger partial charge in [-0.05, 0) is 0 Å². The quantitative estimate of drug-likeness (QED) is 0.441. The Balaban J connectivity index is 2.49. The number of rotatable bonds is 2. The molecule has 1 saturated heterocycles. The van der Waals surface area contributed by atoms with Crippen molar-refractivity contribution in [3.8, 4) is 0 Å². The van der Waals surface area contributed by atoms with E-state index in [1.54, 1.807) is 12.3 Å². The van der Waals surface area contributed by atoms with E-state index < -0.39 is 7.26 Å². The van der Waals surface area contributed by atoms with E-state index in [2.05, 4.69) is 21.4 Å². The first kappa shape index (κ1) is 9.58. The Morgan fingerprint density at radius 2 is 1.82 bits per heavy atom. The summed E-state index contributed by atoms with van der Waals surface area (Å²) in [5.41, 5.74) is 1.07. The molecule has 0 bridgehead atoms. The molecule has 1 rings (SSSR count). The molecule has 0 spiro atoms. The van der Waals surface area contributed by atoms with Crippen molar-refractivity contribution in [2.24, 2.45) is 0 Å². The van der Waals surface area contributed by atoms with Gasteiger partial charge in [-0.25, -0.2) is 0 Å². The van der Waals surface area contributed by atoms with E-state index in [0.717, 1.165) is 5.56 Å². The Labute approximate surface area is 72.9 Å². The Hall–Kier alpha value is 0.495. The summed E-state index contributed by atoms with van der Waals surface area (Å²) in [5.74, 6) is 0. The summed E-state index contributed by atoms with van der Waals surface area (Å²) >= 11 is 0. The summed E-state index contributed by atoms with van der Waals surface area (Å²) in [7, 11) is 1.74. The van der Waals surface area contributed by atoms with Crippen LogP contribution in [-0.4, -0.2) is 32.4 Å². The van der Waals surface area contributed by atoms with Gasteiger partial charge >= 0.3 is 72.3 Å². The predicted octanol–water partition coefficient (Wildman–Crippen LogP) is 1.92. The van der Waals surface area contributed by atoms with Crippen LogP contribution in [-0.2, 0) is 0 Å². The van der Waals surface area contributed by atoms with Gasteiger partial charge in [-0.2, -0.15) is 0 Å². The molecule has 0 radical (unpaired) electrons. The van der Waals surface area contributed by atoms with E-state index >= 15 is 0 Å². The zero-order valence-corrected chi connectivity index (χ0v) is 9.32. The van der Waals surface area contributed by atoms with E-state index in [4.69, 9.17) is 0 Å². The number of hydrogen-bond donors (Lipinski definition) is 0. The third-order valence-corrected chi connectivity index (χ3v) is 9.58. The molecule has 1 aliphatic rings. The molecule has 1 atom stereocenters. The first-order chi connectivity index (χ1) is 5.19. The van der Waals surface area contributed by atoms with Crippen molar-refractivity contribution >= 4 is 15.1 Å². The molecule has 0 aromatic heterocycles. The van der Waals surface area contributed by atoms with E-state index in [1.165, 1.54) is 25.7 Å². The van der Waals surface area contributed by atoms with Gasteiger partial charge in [0.1, 0.15) is 0 Å². The zero-order chi connectivity index (χ0) is 8.32. The third-order valence-electron chi connectivity index (χ3n) is 3.80. The van der Waals surface area contributed by atoms with Gasteiger partial charge in [0.05, 0.1) is 0 Å². The van der Waals surface area contributed by atoms with Gasteiger partial charge in [0.25, 0.3) is 0 Å². The molecular weight excluding hydrogens is 150 g/mol. The average Bonchev–Trinajstić information content (AvgIpc) is 2.04. The topological polar surface area (TPSA) is 0 Å². The van der Waals surface area contributed by atoms with Crippen LogP contribution in [0.2, 0.25) is 0 Å². The van der Waals surface area contributed by atoms with Crippen molar-refractivity contribution in [3.63, 3.8) is 0 Å². The molecule has 0 saturated carbocycles. The van der Waals surface area contributed by atoms with Gasteiger partial charge in [0.15, 0.2) is 0 Å². The second kappa shape index (κ2) is 3.94. The molecule has 11 heavy (non-hydrogen) atoms. The number of hydrogen-bond acceptors (Lipinski definition) is 0. The van der Waals surface area contributed by atoms with Gasteiger partial charge in [-0.15, -0.1) is 0 Å². The fourth-order valence-electron chi connectivity index (χ4n) is 2.35. The van der Waals surface area contributed by atoms with E-state index in [1.807, 2.05) is 0 Å². The summed E-state index contributed by atoms with van der Waals surface area (Å²) in [6, 6.07) is 0. The van der Waals surface area contributed by atoms with Crippen molar-refractivity contribution in [2.75, 3.05) is 19.0 Å². The first-order valence-corrected chi connectivity index (χ1v) is 8.18. The maximum atomic E-state index is 2.63. The van der Waals surface area contributed by atoms with Crippen molar-refractivity contribution in [1.82, 2.24) is 0 Å². The van der Waals surface area contributed by atoms with Crippen LogP contribution in [0.15, 0.2) is 0 Å². The molecule has 0 aliphatic carbocycles. The Morgan fingerprint density at radius 1 is 1.27 bits per heavy atom. The van der Waals surface area contributed by atoms with Crippen LogP contribution in [0.3, 0.4) is 0 Å². The minimum absolute atomic E-state index is 0.740. The second-order valence-corrected chi connectivity index (χ2v) is 9.82. The minimum atomic E-state index is -0.740. The molecule has 0 aromatic rings. The fraction of sp³-hybridized carbons (Fsp3) is 1.00. The van der Waals surface area contributed by atoms with Crippen molar-refractivity contribution in [1.29, 1.82) is 0 Å². The molecule has 0 aromatic carbocycles. The van der Waals surface area contributed by atoms with Gasteiger partial charge in [0.2, 0.25) is 0 Å². The second-order valence-electron chi connectivity index (χ2n) is 4.52. The third kappa shape index (κ3) is 2.21. The van der Waals surface area contributed by atoms with Crippen LogP contribution in [0.5, 0.6) is 0 Å². The molecule has 1 heterocycles. The molecule has 66 valence electrons. The van der Waals surface area contributed by atoms with E-state index in [0.29, 0.717) is 0 Å². The van der Waals surface area contributed by atoms with Crippen LogP contribution in [0.25, 0.3) is 0 Å². The van der Waals surface area contributed by atoms with E-state index in [9.17, 15) is 0 Å². The van der Waals surface area contributed by atoms with Gasteiger partial charge in [0, 0.05) is 0 Å². The van der Waals surface area contributed by atoms with Crippen LogP contribution >= 0.6 is 7.26 Å². The van der Waals surface area contributed by atoms with Crippen LogP contribution in [0, 0.1) is 0 Å². The van der Waals surface area contributed by atoms with Crippen molar-refractivity contribution in [2.45, 2.75) is 38.2 Å². The molecule has 1 aliphatic heterocycles. The zero-order valence-electron chi connectivity index (χ0n) is 8.32. The first-order valence-electron chi connectivity index (χ1n) is 5.19. The predicted molar refractivity (Wildman–Crippen MR) is 60.4 cm³/mol. The Bertz CT molecular complexity index is 119. The summed E-state index contributed by atoms with van der Waals surface area (Å²) in [5, 5.41) is 0. The van der Waals surface area contributed by atoms with Crippen molar-refractivity contribution < 1.29 is 0 Å². The molecular formula is C9H22BP. The fourth-order valence-corrected chi connectivity index (χ4v) is 6.68. The van der Waals surface area contributed by atoms with Crippen LogP contribution in [0.4, 0.5) is 0 Å². The summed E-state index contributed by atoms with van der Waals surface area (Å²) in [6.45, 7) is 4.98. The van der Waals surface area contributed by atoms with Crippen molar-refractivity contribution in [3.05, 3.63) is 0 Å². The summed E-state index contributed by atoms with van der Waals surface area (Å²) in [6.07, 6.45) is 9.23. The maximum absolute atomic E-state index is 2.63. The Kier molecular flexibility index (Phi) is 3.43. The Morgan fingerprint density at radius 3 is 2.27 bits per heavy atom. The molecule has 1 fully saturated rings. The monoisotopic (exact) mass is 172 g/mol. The van der Waals surface area contributed by atoms with Crippen LogP contribution < -0.4 is 0 Å². The average molecular weight is 172 g/mol. The molecule has 1 unspecified atom stereocenters. The molecule has 0 nitrogen and oxygen atoms in total. The van der Waals surface area contributed by atoms with Gasteiger partial charge in [-0.3, -0.25) is 0 Å².